The Kier molecular flexibility index (Phi) is 4.64. The highest BCUT2D eigenvalue weighted by Crippen LogP contribution is 2.29. The van der Waals surface area contributed by atoms with Gasteiger partial charge in [-0.15, -0.1) is 0 Å². The molecule has 0 aromatic carbocycles. The fourth-order valence-electron chi connectivity index (χ4n) is 3.12. The largest absolute Gasteiger partial charge is 0.396 e. The van der Waals surface area contributed by atoms with Gasteiger partial charge in [-0.3, -0.25) is 0 Å². The second-order valence-corrected chi connectivity index (χ2v) is 7.80. The summed E-state index contributed by atoms with van der Waals surface area (Å²) >= 11 is 0. The summed E-state index contributed by atoms with van der Waals surface area (Å²) in [4.78, 5) is 0. The number of aliphatic hydroxyl groups excluding tert-OH is 2. The van der Waals surface area contributed by atoms with Crippen molar-refractivity contribution in [2.24, 2.45) is 11.8 Å². The molecule has 1 saturated carbocycles. The summed E-state index contributed by atoms with van der Waals surface area (Å²) < 4.78 is 22.8. The molecule has 0 radical (unpaired) electrons. The molecule has 2 fully saturated rings. The molecule has 4 unspecified atom stereocenters. The van der Waals surface area contributed by atoms with E-state index < -0.39 is 15.9 Å². The van der Waals surface area contributed by atoms with Crippen LogP contribution < -0.4 is 5.32 Å². The van der Waals surface area contributed by atoms with Crippen LogP contribution in [0.25, 0.3) is 0 Å². The summed E-state index contributed by atoms with van der Waals surface area (Å²) in [6.07, 6.45) is 3.68. The van der Waals surface area contributed by atoms with Crippen molar-refractivity contribution in [2.45, 2.75) is 37.8 Å². The molecule has 1 aliphatic carbocycles. The average Bonchev–Trinajstić information content (AvgIpc) is 2.60. The molecule has 0 amide bonds. The predicted molar refractivity (Wildman–Crippen MR) is 69.0 cm³/mol. The van der Waals surface area contributed by atoms with E-state index in [1.54, 1.807) is 0 Å². The van der Waals surface area contributed by atoms with Crippen LogP contribution in [-0.2, 0) is 9.84 Å². The molecule has 18 heavy (non-hydrogen) atoms. The number of hydrogen-bond acceptors (Lipinski definition) is 5. The Morgan fingerprint density at radius 3 is 2.33 bits per heavy atom. The van der Waals surface area contributed by atoms with Gasteiger partial charge in [0.15, 0.2) is 9.84 Å². The molecular formula is C12H23NO4S. The van der Waals surface area contributed by atoms with E-state index in [-0.39, 0.29) is 24.2 Å². The molecule has 3 N–H and O–H groups in total. The van der Waals surface area contributed by atoms with Crippen LogP contribution in [0.4, 0.5) is 0 Å². The summed E-state index contributed by atoms with van der Waals surface area (Å²) in [6, 6.07) is -0.337. The van der Waals surface area contributed by atoms with E-state index in [0.29, 0.717) is 18.4 Å². The van der Waals surface area contributed by atoms with Gasteiger partial charge in [-0.25, -0.2) is 8.42 Å². The van der Waals surface area contributed by atoms with Gasteiger partial charge < -0.3 is 15.5 Å². The molecule has 0 bridgehead atoms. The zero-order chi connectivity index (χ0) is 13.2. The van der Waals surface area contributed by atoms with Crippen LogP contribution >= 0.6 is 0 Å². The molecule has 1 saturated heterocycles. The Morgan fingerprint density at radius 2 is 1.78 bits per heavy atom. The fraction of sp³-hybridized carbons (Fsp3) is 1.00. The smallest absolute Gasteiger partial charge is 0.154 e. The quantitative estimate of drug-likeness (QED) is 0.647. The molecule has 0 aromatic rings. The first kappa shape index (κ1) is 14.2. The van der Waals surface area contributed by atoms with Crippen LogP contribution in [0.3, 0.4) is 0 Å². The highest BCUT2D eigenvalue weighted by Gasteiger charge is 2.36. The third-order valence-electron chi connectivity index (χ3n) is 4.27. The summed E-state index contributed by atoms with van der Waals surface area (Å²) in [5, 5.41) is 22.2. The topological polar surface area (TPSA) is 86.6 Å². The second kappa shape index (κ2) is 5.86. The first-order valence-corrected chi connectivity index (χ1v) is 8.56. The van der Waals surface area contributed by atoms with E-state index in [1.807, 2.05) is 0 Å². The van der Waals surface area contributed by atoms with Crippen LogP contribution in [0.5, 0.6) is 0 Å². The van der Waals surface area contributed by atoms with Crippen LogP contribution in [0.1, 0.15) is 25.7 Å². The molecule has 2 aliphatic rings. The predicted octanol–water partition coefficient (Wildman–Crippen LogP) is -0.467. The molecule has 0 spiro atoms. The third kappa shape index (κ3) is 3.44. The minimum Gasteiger partial charge on any atom is -0.396 e. The number of aliphatic hydroxyl groups is 2. The first-order valence-electron chi connectivity index (χ1n) is 6.74. The van der Waals surface area contributed by atoms with Crippen LogP contribution in [0.2, 0.25) is 0 Å². The minimum atomic E-state index is -3.08. The van der Waals surface area contributed by atoms with Gasteiger partial charge >= 0.3 is 0 Å². The second-order valence-electron chi connectivity index (χ2n) is 5.65. The van der Waals surface area contributed by atoms with Gasteiger partial charge in [-0.2, -0.15) is 0 Å². The van der Waals surface area contributed by atoms with Crippen molar-refractivity contribution in [2.75, 3.05) is 24.7 Å². The van der Waals surface area contributed by atoms with Crippen molar-refractivity contribution in [1.29, 1.82) is 0 Å². The molecule has 2 rings (SSSR count). The van der Waals surface area contributed by atoms with E-state index in [1.165, 1.54) is 12.8 Å². The lowest BCUT2D eigenvalue weighted by molar-refractivity contribution is 0.120. The van der Waals surface area contributed by atoms with Gasteiger partial charge in [0.1, 0.15) is 0 Å². The SMILES string of the molecule is O=S1(=O)CC(O)C(NCC2CCCCC2CO)C1. The monoisotopic (exact) mass is 277 g/mol. The van der Waals surface area contributed by atoms with E-state index in [2.05, 4.69) is 5.32 Å². The molecular weight excluding hydrogens is 254 g/mol. The maximum atomic E-state index is 11.4. The van der Waals surface area contributed by atoms with Crippen molar-refractivity contribution in [3.8, 4) is 0 Å². The molecule has 6 heteroatoms. The Labute approximate surface area is 109 Å². The van der Waals surface area contributed by atoms with Crippen molar-refractivity contribution < 1.29 is 18.6 Å². The normalized spacial score (nSPS) is 39.9. The van der Waals surface area contributed by atoms with Crippen LogP contribution in [0, 0.1) is 11.8 Å². The molecule has 106 valence electrons. The maximum absolute atomic E-state index is 11.4. The Hall–Kier alpha value is -0.170. The lowest BCUT2D eigenvalue weighted by Crippen LogP contribution is -2.43. The van der Waals surface area contributed by atoms with Crippen LogP contribution in [-0.4, -0.2) is 55.4 Å². The zero-order valence-corrected chi connectivity index (χ0v) is 11.4. The zero-order valence-electron chi connectivity index (χ0n) is 10.6. The summed E-state index contributed by atoms with van der Waals surface area (Å²) in [5.41, 5.74) is 0. The lowest BCUT2D eigenvalue weighted by atomic mass is 9.79. The van der Waals surface area contributed by atoms with Crippen molar-refractivity contribution in [3.63, 3.8) is 0 Å². The number of nitrogens with one attached hydrogen (secondary N) is 1. The Bertz CT molecular complexity index is 370. The number of hydrogen-bond donors (Lipinski definition) is 3. The molecule has 0 aromatic heterocycles. The molecule has 4 atom stereocenters. The molecule has 5 nitrogen and oxygen atoms in total. The highest BCUT2D eigenvalue weighted by atomic mass is 32.2. The summed E-state index contributed by atoms with van der Waals surface area (Å²) in [5.74, 6) is 0.629. The van der Waals surface area contributed by atoms with Crippen LogP contribution in [0.15, 0.2) is 0 Å². The van der Waals surface area contributed by atoms with E-state index in [4.69, 9.17) is 0 Å². The van der Waals surface area contributed by atoms with Crippen molar-refractivity contribution >= 4 is 9.84 Å². The lowest BCUT2D eigenvalue weighted by Gasteiger charge is -2.31. The first-order chi connectivity index (χ1) is 8.52. The summed E-state index contributed by atoms with van der Waals surface area (Å²) in [6.45, 7) is 0.903. The Balaban J connectivity index is 1.84. The van der Waals surface area contributed by atoms with Crippen molar-refractivity contribution in [3.05, 3.63) is 0 Å². The van der Waals surface area contributed by atoms with Gasteiger partial charge in [0.05, 0.1) is 17.6 Å². The van der Waals surface area contributed by atoms with Crippen molar-refractivity contribution in [1.82, 2.24) is 5.32 Å². The third-order valence-corrected chi connectivity index (χ3v) is 5.98. The maximum Gasteiger partial charge on any atom is 0.154 e. The number of rotatable bonds is 4. The molecule has 1 heterocycles. The van der Waals surface area contributed by atoms with E-state index in [0.717, 1.165) is 12.8 Å². The fourth-order valence-corrected chi connectivity index (χ4v) is 4.90. The Morgan fingerprint density at radius 1 is 1.11 bits per heavy atom. The standard InChI is InChI=1S/C12H23NO4S/c14-6-10-4-2-1-3-9(10)5-13-11-7-18(16,17)8-12(11)15/h9-15H,1-8H2. The van der Waals surface area contributed by atoms with E-state index in [9.17, 15) is 18.6 Å². The average molecular weight is 277 g/mol. The number of sulfone groups is 1. The van der Waals surface area contributed by atoms with E-state index >= 15 is 0 Å². The van der Waals surface area contributed by atoms with Gasteiger partial charge in [-0.05, 0) is 31.2 Å². The van der Waals surface area contributed by atoms with Gasteiger partial charge in [-0.1, -0.05) is 12.8 Å². The minimum absolute atomic E-state index is 0.0324. The van der Waals surface area contributed by atoms with Gasteiger partial charge in [0.25, 0.3) is 0 Å². The van der Waals surface area contributed by atoms with Gasteiger partial charge in [0, 0.05) is 12.6 Å². The van der Waals surface area contributed by atoms with Gasteiger partial charge in [0.2, 0.25) is 0 Å². The highest BCUT2D eigenvalue weighted by molar-refractivity contribution is 7.91. The molecule has 1 aliphatic heterocycles. The summed E-state index contributed by atoms with van der Waals surface area (Å²) in [7, 11) is -3.08.